The van der Waals surface area contributed by atoms with Gasteiger partial charge in [-0.25, -0.2) is 4.57 Å². The van der Waals surface area contributed by atoms with Crippen molar-refractivity contribution < 1.29 is 59.0 Å². The molecule has 0 bridgehead atoms. The van der Waals surface area contributed by atoms with E-state index in [0.717, 1.165) is 51.4 Å². The average Bonchev–Trinajstić information content (AvgIpc) is 3.08. The highest BCUT2D eigenvalue weighted by atomic mass is 31.2. The van der Waals surface area contributed by atoms with Gasteiger partial charge in [0.2, 0.25) is 5.91 Å². The number of aliphatic hydroxyl groups excluding tert-OH is 7. The van der Waals surface area contributed by atoms with Crippen LogP contribution in [0.25, 0.3) is 0 Å². The van der Waals surface area contributed by atoms with Crippen molar-refractivity contribution in [2.24, 2.45) is 0 Å². The Labute approximate surface area is 299 Å². The van der Waals surface area contributed by atoms with E-state index in [0.29, 0.717) is 12.8 Å². The number of unbranched alkanes of at least 4 members (excludes halogenated alkanes) is 13. The smallest absolute Gasteiger partial charge is 0.393 e. The minimum absolute atomic E-state index is 0.229. The first-order valence-electron chi connectivity index (χ1n) is 18.9. The van der Waals surface area contributed by atoms with Crippen molar-refractivity contribution in [3.63, 3.8) is 0 Å². The molecule has 8 unspecified atom stereocenters. The first-order valence-corrected chi connectivity index (χ1v) is 20.4. The summed E-state index contributed by atoms with van der Waals surface area (Å²) in [6.45, 7) is 3.50. The molecule has 1 rings (SSSR count). The molecule has 1 saturated carbocycles. The second-order valence-corrected chi connectivity index (χ2v) is 15.0. The van der Waals surface area contributed by atoms with Gasteiger partial charge >= 0.3 is 7.82 Å². The first-order chi connectivity index (χ1) is 23.8. The molecule has 0 aromatic rings. The lowest BCUT2D eigenvalue weighted by atomic mass is 9.85. The summed E-state index contributed by atoms with van der Waals surface area (Å²) in [7, 11) is -5.09. The molecule has 50 heavy (non-hydrogen) atoms. The van der Waals surface area contributed by atoms with Crippen LogP contribution in [-0.2, 0) is 18.4 Å². The van der Waals surface area contributed by atoms with E-state index in [2.05, 4.69) is 36.5 Å². The van der Waals surface area contributed by atoms with Gasteiger partial charge in [0.15, 0.2) is 0 Å². The normalized spacial score (nSPS) is 25.9. The quantitative estimate of drug-likeness (QED) is 0.0301. The van der Waals surface area contributed by atoms with E-state index in [1.54, 1.807) is 0 Å². The van der Waals surface area contributed by atoms with Crippen LogP contribution in [0.3, 0.4) is 0 Å². The SMILES string of the molecule is CCCCC/C=C\C=C/CCCCCCCCCCC(O)CC(=O)NC(COP(=O)(O)OC1C(O)C(O)C(O)C(O)C1O)C(O)CCCCC. The van der Waals surface area contributed by atoms with Gasteiger partial charge < -0.3 is 46.0 Å². The maximum atomic E-state index is 12.8. The molecule has 13 nitrogen and oxygen atoms in total. The molecular weight excluding hydrogens is 669 g/mol. The van der Waals surface area contributed by atoms with Crippen LogP contribution in [-0.4, -0.2) is 108 Å². The Morgan fingerprint density at radius 2 is 1.16 bits per heavy atom. The van der Waals surface area contributed by atoms with Crippen molar-refractivity contribution in [2.75, 3.05) is 6.61 Å². The van der Waals surface area contributed by atoms with Crippen LogP contribution in [0.15, 0.2) is 24.3 Å². The van der Waals surface area contributed by atoms with E-state index in [9.17, 15) is 50.0 Å². The monoisotopic (exact) mass is 737 g/mol. The van der Waals surface area contributed by atoms with E-state index in [-0.39, 0.29) is 12.8 Å². The first kappa shape index (κ1) is 46.8. The highest BCUT2D eigenvalue weighted by Gasteiger charge is 2.51. The highest BCUT2D eigenvalue weighted by Crippen LogP contribution is 2.47. The summed E-state index contributed by atoms with van der Waals surface area (Å²) >= 11 is 0. The Balaban J connectivity index is 2.40. The molecule has 14 heteroatoms. The fourth-order valence-electron chi connectivity index (χ4n) is 5.88. The van der Waals surface area contributed by atoms with Crippen LogP contribution in [0.5, 0.6) is 0 Å². The van der Waals surface area contributed by atoms with Gasteiger partial charge in [-0.2, -0.15) is 0 Å². The highest BCUT2D eigenvalue weighted by molar-refractivity contribution is 7.47. The molecule has 9 N–H and O–H groups in total. The van der Waals surface area contributed by atoms with Crippen molar-refractivity contribution in [2.45, 2.75) is 191 Å². The molecule has 1 amide bonds. The molecule has 8 atom stereocenters. The Morgan fingerprint density at radius 3 is 1.72 bits per heavy atom. The van der Waals surface area contributed by atoms with Crippen LogP contribution in [0.4, 0.5) is 0 Å². The van der Waals surface area contributed by atoms with Crippen molar-refractivity contribution in [3.05, 3.63) is 24.3 Å². The van der Waals surface area contributed by atoms with Gasteiger partial charge in [0.1, 0.15) is 36.6 Å². The number of nitrogens with one attached hydrogen (secondary N) is 1. The lowest BCUT2D eigenvalue weighted by Crippen LogP contribution is -2.64. The van der Waals surface area contributed by atoms with E-state index < -0.39 is 75.2 Å². The Hall–Kier alpha value is -1.22. The fourth-order valence-corrected chi connectivity index (χ4v) is 6.85. The minimum atomic E-state index is -5.09. The maximum Gasteiger partial charge on any atom is 0.472 e. The molecule has 0 heterocycles. The zero-order valence-electron chi connectivity index (χ0n) is 30.3. The largest absolute Gasteiger partial charge is 0.472 e. The predicted octanol–water partition coefficient (Wildman–Crippen LogP) is 4.08. The number of allylic oxidation sites excluding steroid dienone is 4. The summed E-state index contributed by atoms with van der Waals surface area (Å²) in [6.07, 6.45) is 12.3. The number of carbonyl (C=O) groups is 1. The third-order valence-corrected chi connectivity index (χ3v) is 10.1. The summed E-state index contributed by atoms with van der Waals surface area (Å²) in [6, 6.07) is -1.15. The van der Waals surface area contributed by atoms with Gasteiger partial charge in [0.05, 0.1) is 31.3 Å². The van der Waals surface area contributed by atoms with Gasteiger partial charge in [-0.15, -0.1) is 0 Å². The Kier molecular flexibility index (Phi) is 25.6. The zero-order valence-corrected chi connectivity index (χ0v) is 31.2. The van der Waals surface area contributed by atoms with Crippen LogP contribution < -0.4 is 5.32 Å². The van der Waals surface area contributed by atoms with Gasteiger partial charge in [0.25, 0.3) is 0 Å². The van der Waals surface area contributed by atoms with Gasteiger partial charge in [-0.05, 0) is 38.5 Å². The van der Waals surface area contributed by atoms with Crippen molar-refractivity contribution in [1.82, 2.24) is 5.32 Å². The molecule has 0 radical (unpaired) electrons. The second kappa shape index (κ2) is 27.4. The molecule has 0 aromatic carbocycles. The van der Waals surface area contributed by atoms with Crippen molar-refractivity contribution in [1.29, 1.82) is 0 Å². The number of amides is 1. The fraction of sp³-hybridized carbons (Fsp3) is 0.861. The summed E-state index contributed by atoms with van der Waals surface area (Å²) in [5, 5.41) is 73.4. The third-order valence-electron chi connectivity index (χ3n) is 9.10. The molecule has 1 aliphatic carbocycles. The van der Waals surface area contributed by atoms with E-state index in [1.165, 1.54) is 44.9 Å². The standard InChI is InChI=1S/C36H68NO12P/c1-3-5-7-8-9-10-11-12-13-14-15-16-17-18-19-20-22-23-27(38)25-30(40)37-28(29(39)24-21-6-4-2)26-48-50(46,47)49-36-34(44)32(42)31(41)33(43)35(36)45/h9-12,27-29,31-36,38-39,41-45H,3-8,13-26H2,1-2H3,(H,37,40)(H,46,47)/b10-9-,12-11-. The minimum Gasteiger partial charge on any atom is -0.393 e. The number of hydrogen-bond acceptors (Lipinski definition) is 11. The molecule has 0 aromatic heterocycles. The number of carbonyl (C=O) groups excluding carboxylic acids is 1. The molecule has 0 saturated heterocycles. The topological polar surface area (TPSA) is 226 Å². The van der Waals surface area contributed by atoms with E-state index >= 15 is 0 Å². The summed E-state index contributed by atoms with van der Waals surface area (Å²) in [4.78, 5) is 23.0. The van der Waals surface area contributed by atoms with Crippen LogP contribution in [0.2, 0.25) is 0 Å². The van der Waals surface area contributed by atoms with E-state index in [4.69, 9.17) is 9.05 Å². The number of hydrogen-bond donors (Lipinski definition) is 9. The zero-order chi connectivity index (χ0) is 37.4. The summed E-state index contributed by atoms with van der Waals surface area (Å²) in [5.41, 5.74) is 0. The Morgan fingerprint density at radius 1 is 0.700 bits per heavy atom. The number of phosphoric acid groups is 1. The third kappa shape index (κ3) is 20.1. The molecule has 0 spiro atoms. The average molecular weight is 738 g/mol. The van der Waals surface area contributed by atoms with Crippen molar-refractivity contribution in [3.8, 4) is 0 Å². The van der Waals surface area contributed by atoms with Gasteiger partial charge in [-0.1, -0.05) is 115 Å². The number of phosphoric ester groups is 1. The molecule has 294 valence electrons. The van der Waals surface area contributed by atoms with Crippen LogP contribution >= 0.6 is 7.82 Å². The molecule has 1 fully saturated rings. The summed E-state index contributed by atoms with van der Waals surface area (Å²) < 4.78 is 22.5. The van der Waals surface area contributed by atoms with Gasteiger partial charge in [0, 0.05) is 0 Å². The predicted molar refractivity (Wildman–Crippen MR) is 192 cm³/mol. The van der Waals surface area contributed by atoms with Crippen molar-refractivity contribution >= 4 is 13.7 Å². The Bertz CT molecular complexity index is 969. The van der Waals surface area contributed by atoms with Gasteiger partial charge in [-0.3, -0.25) is 13.8 Å². The van der Waals surface area contributed by atoms with Crippen LogP contribution in [0.1, 0.15) is 136 Å². The number of aliphatic hydroxyl groups is 7. The molecule has 0 aliphatic heterocycles. The summed E-state index contributed by atoms with van der Waals surface area (Å²) in [5.74, 6) is -0.578. The lowest BCUT2D eigenvalue weighted by molar-refractivity contribution is -0.220. The molecular formula is C36H68NO12P. The number of rotatable bonds is 29. The molecule has 1 aliphatic rings. The maximum absolute atomic E-state index is 12.8. The second-order valence-electron chi connectivity index (χ2n) is 13.6. The van der Waals surface area contributed by atoms with E-state index in [1.807, 2.05) is 6.92 Å². The van der Waals surface area contributed by atoms with Crippen LogP contribution in [0, 0.1) is 0 Å². The lowest BCUT2D eigenvalue weighted by Gasteiger charge is -2.41.